The molecule has 0 fully saturated rings. The van der Waals surface area contributed by atoms with Gasteiger partial charge in [0.05, 0.1) is 6.54 Å². The summed E-state index contributed by atoms with van der Waals surface area (Å²) in [5.41, 5.74) is 1.10. The molecule has 0 saturated heterocycles. The van der Waals surface area contributed by atoms with E-state index in [0.717, 1.165) is 11.1 Å². The molecule has 2 rings (SSSR count). The van der Waals surface area contributed by atoms with Crippen molar-refractivity contribution in [1.29, 1.82) is 10.5 Å². The molecule has 0 spiro atoms. The van der Waals surface area contributed by atoms with Crippen LogP contribution in [0.25, 0.3) is 0 Å². The van der Waals surface area contributed by atoms with Crippen molar-refractivity contribution in [3.63, 3.8) is 0 Å². The molecule has 3 N–H and O–H groups in total. The molecule has 2 aromatic rings. The average Bonchev–Trinajstić information content (AvgIpc) is 2.78. The Labute approximate surface area is 174 Å². The highest BCUT2D eigenvalue weighted by atomic mass is 16.5. The van der Waals surface area contributed by atoms with Crippen molar-refractivity contribution >= 4 is 12.0 Å². The fourth-order valence-corrected chi connectivity index (χ4v) is 2.50. The van der Waals surface area contributed by atoms with Crippen molar-refractivity contribution in [1.82, 2.24) is 10.6 Å². The number of hydrogen-bond acceptors (Lipinski definition) is 6. The van der Waals surface area contributed by atoms with Crippen LogP contribution in [0.15, 0.2) is 72.0 Å². The fourth-order valence-electron chi connectivity index (χ4n) is 2.50. The van der Waals surface area contributed by atoms with Crippen molar-refractivity contribution in [2.24, 2.45) is 0 Å². The van der Waals surface area contributed by atoms with Gasteiger partial charge in [-0.05, 0) is 11.1 Å². The normalized spacial score (nSPS) is 10.6. The molecule has 0 aliphatic carbocycles. The van der Waals surface area contributed by atoms with Gasteiger partial charge in [-0.1, -0.05) is 60.7 Å². The molecule has 0 heterocycles. The number of aliphatic hydroxyl groups excluding tert-OH is 1. The van der Waals surface area contributed by atoms with Crippen molar-refractivity contribution in [2.75, 3.05) is 6.54 Å². The maximum absolute atomic E-state index is 12.6. The number of hydrogen-bond donors (Lipinski definition) is 3. The standard InChI is InChI=1S/C22H20N4O4/c23-12-18(13-24)20(27)14-25-21(28)19(11-16-7-3-1-4-8-16)26-22(29)30-15-17-9-5-2-6-10-17/h1-10,19,27H,11,14-15H2,(H,25,28)(H,26,29)/t19-/m0/s1. The zero-order valence-electron chi connectivity index (χ0n) is 16.0. The van der Waals surface area contributed by atoms with Crippen molar-refractivity contribution in [3.8, 4) is 12.1 Å². The third-order valence-corrected chi connectivity index (χ3v) is 4.05. The van der Waals surface area contributed by atoms with E-state index in [1.165, 1.54) is 12.1 Å². The molecule has 8 nitrogen and oxygen atoms in total. The second-order valence-corrected chi connectivity index (χ2v) is 6.21. The van der Waals surface area contributed by atoms with Gasteiger partial charge in [0.15, 0.2) is 5.57 Å². The predicted octanol–water partition coefficient (Wildman–Crippen LogP) is 2.50. The van der Waals surface area contributed by atoms with Crippen molar-refractivity contribution in [3.05, 3.63) is 83.1 Å². The van der Waals surface area contributed by atoms with Crippen LogP contribution >= 0.6 is 0 Å². The van der Waals surface area contributed by atoms with Gasteiger partial charge in [-0.15, -0.1) is 0 Å². The van der Waals surface area contributed by atoms with Crippen LogP contribution in [0, 0.1) is 22.7 Å². The molecule has 0 saturated carbocycles. The highest BCUT2D eigenvalue weighted by Crippen LogP contribution is 2.06. The first-order valence-electron chi connectivity index (χ1n) is 9.04. The minimum Gasteiger partial charge on any atom is -0.508 e. The third-order valence-electron chi connectivity index (χ3n) is 4.05. The van der Waals surface area contributed by atoms with Crippen molar-refractivity contribution in [2.45, 2.75) is 19.1 Å². The molecule has 0 aliphatic rings. The number of benzene rings is 2. The Bertz CT molecular complexity index is 960. The summed E-state index contributed by atoms with van der Waals surface area (Å²) < 4.78 is 5.17. The van der Waals surface area contributed by atoms with E-state index in [1.807, 2.05) is 24.3 Å². The maximum Gasteiger partial charge on any atom is 0.408 e. The van der Waals surface area contributed by atoms with Crippen LogP contribution in [0.3, 0.4) is 0 Å². The van der Waals surface area contributed by atoms with Gasteiger partial charge in [0.1, 0.15) is 30.5 Å². The number of nitriles is 2. The van der Waals surface area contributed by atoms with E-state index in [9.17, 15) is 14.7 Å². The summed E-state index contributed by atoms with van der Waals surface area (Å²) in [6.07, 6.45) is -0.592. The highest BCUT2D eigenvalue weighted by Gasteiger charge is 2.22. The number of aliphatic hydroxyl groups is 1. The van der Waals surface area contributed by atoms with E-state index in [0.29, 0.717) is 0 Å². The molecule has 0 aromatic heterocycles. The summed E-state index contributed by atoms with van der Waals surface area (Å²) in [5.74, 6) is -1.16. The quantitative estimate of drug-likeness (QED) is 0.457. The van der Waals surface area contributed by atoms with Gasteiger partial charge in [0.2, 0.25) is 5.91 Å². The lowest BCUT2D eigenvalue weighted by molar-refractivity contribution is -0.123. The first kappa shape index (κ1) is 22.0. The molecule has 152 valence electrons. The number of carbonyl (C=O) groups excluding carboxylic acids is 2. The van der Waals surface area contributed by atoms with E-state index in [1.54, 1.807) is 36.4 Å². The van der Waals surface area contributed by atoms with Crippen LogP contribution in [0.1, 0.15) is 11.1 Å². The van der Waals surface area contributed by atoms with E-state index < -0.39 is 35.9 Å². The highest BCUT2D eigenvalue weighted by molar-refractivity contribution is 5.86. The molecule has 0 aliphatic heterocycles. The molecule has 8 heteroatoms. The first-order valence-corrected chi connectivity index (χ1v) is 9.04. The van der Waals surface area contributed by atoms with E-state index in [2.05, 4.69) is 10.6 Å². The van der Waals surface area contributed by atoms with Gasteiger partial charge in [-0.25, -0.2) is 4.79 Å². The largest absolute Gasteiger partial charge is 0.508 e. The molecule has 30 heavy (non-hydrogen) atoms. The molecule has 2 amide bonds. The Morgan fingerprint density at radius 1 is 0.967 bits per heavy atom. The molecular formula is C22H20N4O4. The number of allylic oxidation sites excluding steroid dienone is 1. The van der Waals surface area contributed by atoms with Gasteiger partial charge in [-0.3, -0.25) is 4.79 Å². The van der Waals surface area contributed by atoms with Gasteiger partial charge in [0, 0.05) is 6.42 Å². The van der Waals surface area contributed by atoms with Gasteiger partial charge >= 0.3 is 6.09 Å². The lowest BCUT2D eigenvalue weighted by Crippen LogP contribution is -2.48. The van der Waals surface area contributed by atoms with Gasteiger partial charge in [0.25, 0.3) is 0 Å². The van der Waals surface area contributed by atoms with E-state index in [4.69, 9.17) is 15.3 Å². The van der Waals surface area contributed by atoms with Gasteiger partial charge < -0.3 is 20.5 Å². The van der Waals surface area contributed by atoms with Crippen LogP contribution < -0.4 is 10.6 Å². The van der Waals surface area contributed by atoms with Crippen LogP contribution in [0.5, 0.6) is 0 Å². The van der Waals surface area contributed by atoms with Gasteiger partial charge in [-0.2, -0.15) is 10.5 Å². The minimum atomic E-state index is -0.990. The predicted molar refractivity (Wildman–Crippen MR) is 108 cm³/mol. The number of rotatable bonds is 8. The Morgan fingerprint density at radius 3 is 2.10 bits per heavy atom. The van der Waals surface area contributed by atoms with Crippen LogP contribution in [0.2, 0.25) is 0 Å². The van der Waals surface area contributed by atoms with Crippen LogP contribution in [-0.2, 0) is 22.6 Å². The minimum absolute atomic E-state index is 0.0452. The first-order chi connectivity index (χ1) is 14.5. The lowest BCUT2D eigenvalue weighted by Gasteiger charge is -2.18. The Balaban J connectivity index is 2.03. The summed E-state index contributed by atoms with van der Waals surface area (Å²) in [6.45, 7) is -0.370. The number of nitrogens with zero attached hydrogens (tertiary/aromatic N) is 2. The zero-order valence-corrected chi connectivity index (χ0v) is 16.0. The number of nitrogens with one attached hydrogen (secondary N) is 2. The SMILES string of the molecule is N#CC(C#N)=C(O)CNC(=O)[C@H](Cc1ccccc1)NC(=O)OCc1ccccc1. The Kier molecular flexibility index (Phi) is 8.45. The zero-order chi connectivity index (χ0) is 21.8. The summed E-state index contributed by atoms with van der Waals surface area (Å²) in [6, 6.07) is 20.2. The molecule has 1 atom stereocenters. The van der Waals surface area contributed by atoms with Crippen LogP contribution in [0.4, 0.5) is 4.79 Å². The summed E-state index contributed by atoms with van der Waals surface area (Å²) in [5, 5.41) is 32.2. The Hall–Kier alpha value is -4.30. The topological polar surface area (TPSA) is 135 Å². The molecule has 2 aromatic carbocycles. The summed E-state index contributed by atoms with van der Waals surface area (Å²) >= 11 is 0. The van der Waals surface area contributed by atoms with Crippen LogP contribution in [-0.4, -0.2) is 29.7 Å². The maximum atomic E-state index is 12.6. The summed E-state index contributed by atoms with van der Waals surface area (Å²) in [4.78, 5) is 24.8. The lowest BCUT2D eigenvalue weighted by atomic mass is 10.1. The summed E-state index contributed by atoms with van der Waals surface area (Å²) in [7, 11) is 0. The smallest absolute Gasteiger partial charge is 0.408 e. The average molecular weight is 404 g/mol. The third kappa shape index (κ3) is 7.02. The number of ether oxygens (including phenoxy) is 1. The van der Waals surface area contributed by atoms with E-state index in [-0.39, 0.29) is 13.0 Å². The number of amides is 2. The molecule has 0 unspecified atom stereocenters. The van der Waals surface area contributed by atoms with E-state index >= 15 is 0 Å². The van der Waals surface area contributed by atoms with Crippen molar-refractivity contribution < 1.29 is 19.4 Å². The number of alkyl carbamates (subject to hydrolysis) is 1. The second kappa shape index (κ2) is 11.5. The number of carbonyl (C=O) groups is 2. The molecule has 0 bridgehead atoms. The molecule has 0 radical (unpaired) electrons. The molecular weight excluding hydrogens is 384 g/mol. The Morgan fingerprint density at radius 2 is 1.53 bits per heavy atom. The second-order valence-electron chi connectivity index (χ2n) is 6.21. The fraction of sp³-hybridized carbons (Fsp3) is 0.182. The monoisotopic (exact) mass is 404 g/mol.